The summed E-state index contributed by atoms with van der Waals surface area (Å²) in [6.07, 6.45) is 6.50. The molecule has 0 spiro atoms. The number of benzene rings is 3. The van der Waals surface area contributed by atoms with Gasteiger partial charge in [0.1, 0.15) is 5.82 Å². The third kappa shape index (κ3) is 6.51. The zero-order valence-corrected chi connectivity index (χ0v) is 24.0. The van der Waals surface area contributed by atoms with Gasteiger partial charge in [-0.25, -0.2) is 4.98 Å². The zero-order chi connectivity index (χ0) is 28.9. The average Bonchev–Trinajstić information content (AvgIpc) is 2.97. The molecule has 5 rings (SSSR count). The normalized spacial score (nSPS) is 13.9. The number of nitro groups is 1. The van der Waals surface area contributed by atoms with Gasteiger partial charge < -0.3 is 10.1 Å². The van der Waals surface area contributed by atoms with Gasteiger partial charge >= 0.3 is 5.69 Å². The third-order valence-electron chi connectivity index (χ3n) is 7.00. The average molecular weight is 618 g/mol. The van der Waals surface area contributed by atoms with Crippen LogP contribution in [0.4, 0.5) is 11.4 Å². The van der Waals surface area contributed by atoms with Crippen molar-refractivity contribution in [3.05, 3.63) is 103 Å². The number of rotatable bonds is 8. The van der Waals surface area contributed by atoms with Crippen LogP contribution in [-0.2, 0) is 4.79 Å². The summed E-state index contributed by atoms with van der Waals surface area (Å²) in [6, 6.07) is 17.3. The summed E-state index contributed by atoms with van der Waals surface area (Å²) in [6.45, 7) is 1.51. The number of para-hydroxylation sites is 1. The molecule has 11 heteroatoms. The number of ether oxygens (including phenoxy) is 1. The first kappa shape index (κ1) is 28.2. The van der Waals surface area contributed by atoms with Crippen molar-refractivity contribution in [2.45, 2.75) is 44.9 Å². The monoisotopic (exact) mass is 617 g/mol. The third-order valence-corrected chi connectivity index (χ3v) is 7.59. The van der Waals surface area contributed by atoms with Crippen LogP contribution >= 0.6 is 15.9 Å². The Bertz CT molecular complexity index is 1690. The number of hydrogen-bond acceptors (Lipinski definition) is 7. The van der Waals surface area contributed by atoms with Crippen molar-refractivity contribution in [2.24, 2.45) is 5.10 Å². The maximum Gasteiger partial charge on any atom is 0.312 e. The lowest BCUT2D eigenvalue weighted by Crippen LogP contribution is -2.25. The van der Waals surface area contributed by atoms with Crippen molar-refractivity contribution in [3.8, 4) is 5.75 Å². The van der Waals surface area contributed by atoms with Crippen LogP contribution in [0.1, 0.15) is 55.0 Å². The van der Waals surface area contributed by atoms with Gasteiger partial charge in [0.2, 0.25) is 5.75 Å². The van der Waals surface area contributed by atoms with E-state index in [0.717, 1.165) is 37.7 Å². The molecule has 1 aliphatic carbocycles. The van der Waals surface area contributed by atoms with Gasteiger partial charge in [0.15, 0.2) is 6.61 Å². The number of nitrogens with zero attached hydrogens (tertiary/aromatic N) is 4. The summed E-state index contributed by atoms with van der Waals surface area (Å²) in [5.41, 5.74) is 2.00. The number of nitro benzene ring substituents is 1. The van der Waals surface area contributed by atoms with E-state index in [4.69, 9.17) is 9.72 Å². The molecule has 4 aromatic rings. The van der Waals surface area contributed by atoms with Gasteiger partial charge in [-0.05, 0) is 66.0 Å². The predicted molar refractivity (Wildman–Crippen MR) is 161 cm³/mol. The van der Waals surface area contributed by atoms with Gasteiger partial charge in [0.05, 0.1) is 26.5 Å². The summed E-state index contributed by atoms with van der Waals surface area (Å²) in [5.74, 6) is 0.150. The molecular weight excluding hydrogens is 590 g/mol. The highest BCUT2D eigenvalue weighted by molar-refractivity contribution is 9.10. The largest absolute Gasteiger partial charge is 0.476 e. The SMILES string of the molecule is Cc1ccc(NC(=O)COc2c(Br)cc(C=Nn3c(C4CCCCC4)nc4ccccc4c3=O)cc2[N+](=O)[O-])cc1. The second-order valence-electron chi connectivity index (χ2n) is 9.99. The van der Waals surface area contributed by atoms with Crippen molar-refractivity contribution in [3.63, 3.8) is 0 Å². The maximum atomic E-state index is 13.4. The molecule has 0 bridgehead atoms. The van der Waals surface area contributed by atoms with Crippen LogP contribution in [-0.4, -0.2) is 33.3 Å². The molecular formula is C30H28BrN5O5. The van der Waals surface area contributed by atoms with E-state index >= 15 is 0 Å². The van der Waals surface area contributed by atoms with Crippen LogP contribution in [0, 0.1) is 17.0 Å². The lowest BCUT2D eigenvalue weighted by Gasteiger charge is -2.22. The molecule has 1 aromatic heterocycles. The van der Waals surface area contributed by atoms with E-state index in [-0.39, 0.29) is 27.4 Å². The van der Waals surface area contributed by atoms with Crippen LogP contribution < -0.4 is 15.6 Å². The van der Waals surface area contributed by atoms with Crippen molar-refractivity contribution in [1.29, 1.82) is 0 Å². The number of aryl methyl sites for hydroxylation is 1. The summed E-state index contributed by atoms with van der Waals surface area (Å²) in [4.78, 5) is 42.0. The van der Waals surface area contributed by atoms with E-state index in [0.29, 0.717) is 28.0 Å². The Hall–Kier alpha value is -4.38. The number of fused-ring (bicyclic) bond motifs is 1. The first-order chi connectivity index (χ1) is 19.8. The molecule has 0 radical (unpaired) electrons. The highest BCUT2D eigenvalue weighted by atomic mass is 79.9. The number of nitrogens with one attached hydrogen (secondary N) is 1. The minimum atomic E-state index is -0.591. The number of carbonyl (C=O) groups excluding carboxylic acids is 1. The number of amides is 1. The molecule has 0 aliphatic heterocycles. The fourth-order valence-electron chi connectivity index (χ4n) is 4.93. The summed E-state index contributed by atoms with van der Waals surface area (Å²) in [5, 5.41) is 19.5. The Kier molecular flexibility index (Phi) is 8.53. The van der Waals surface area contributed by atoms with Crippen LogP contribution in [0.2, 0.25) is 0 Å². The topological polar surface area (TPSA) is 129 Å². The van der Waals surface area contributed by atoms with E-state index in [1.807, 2.05) is 31.2 Å². The smallest absolute Gasteiger partial charge is 0.312 e. The second kappa shape index (κ2) is 12.4. The molecule has 0 atom stereocenters. The standard InChI is InChI=1S/C30H28BrN5O5/c1-19-11-13-22(14-12-19)33-27(37)18-41-28-24(31)15-20(16-26(28)36(39)40)17-32-35-29(21-7-3-2-4-8-21)34-25-10-6-5-9-23(25)30(35)38/h5-6,9-17,21H,2-4,7-8,18H2,1H3,(H,33,37). The molecule has 210 valence electrons. The van der Waals surface area contributed by atoms with Gasteiger partial charge in [-0.2, -0.15) is 9.78 Å². The van der Waals surface area contributed by atoms with Crippen LogP contribution in [0.5, 0.6) is 5.75 Å². The van der Waals surface area contributed by atoms with E-state index in [1.165, 1.54) is 17.0 Å². The summed E-state index contributed by atoms with van der Waals surface area (Å²) < 4.78 is 7.15. The lowest BCUT2D eigenvalue weighted by atomic mass is 9.88. The van der Waals surface area contributed by atoms with Crippen LogP contribution in [0.25, 0.3) is 10.9 Å². The molecule has 1 aliphatic rings. The Morgan fingerprint density at radius 3 is 2.63 bits per heavy atom. The first-order valence-electron chi connectivity index (χ1n) is 13.3. The second-order valence-corrected chi connectivity index (χ2v) is 10.8. The van der Waals surface area contributed by atoms with Crippen molar-refractivity contribution >= 4 is 50.3 Å². The van der Waals surface area contributed by atoms with Crippen molar-refractivity contribution < 1.29 is 14.5 Å². The zero-order valence-electron chi connectivity index (χ0n) is 22.4. The number of carbonyl (C=O) groups is 1. The summed E-state index contributed by atoms with van der Waals surface area (Å²) >= 11 is 3.34. The van der Waals surface area contributed by atoms with Crippen molar-refractivity contribution in [1.82, 2.24) is 9.66 Å². The van der Waals surface area contributed by atoms with E-state index in [9.17, 15) is 19.7 Å². The van der Waals surface area contributed by atoms with Crippen LogP contribution in [0.3, 0.4) is 0 Å². The van der Waals surface area contributed by atoms with Gasteiger partial charge in [0, 0.05) is 23.2 Å². The number of aromatic nitrogens is 2. The quantitative estimate of drug-likeness (QED) is 0.140. The maximum absolute atomic E-state index is 13.4. The lowest BCUT2D eigenvalue weighted by molar-refractivity contribution is -0.385. The summed E-state index contributed by atoms with van der Waals surface area (Å²) in [7, 11) is 0. The molecule has 3 aromatic carbocycles. The Labute approximate surface area is 244 Å². The fourth-order valence-corrected chi connectivity index (χ4v) is 5.51. The first-order valence-corrected chi connectivity index (χ1v) is 14.1. The van der Waals surface area contributed by atoms with Crippen molar-refractivity contribution in [2.75, 3.05) is 11.9 Å². The molecule has 1 fully saturated rings. The minimum Gasteiger partial charge on any atom is -0.476 e. The minimum absolute atomic E-state index is 0.0846. The Morgan fingerprint density at radius 1 is 1.17 bits per heavy atom. The predicted octanol–water partition coefficient (Wildman–Crippen LogP) is 6.32. The molecule has 1 amide bonds. The molecule has 41 heavy (non-hydrogen) atoms. The molecule has 1 N–H and O–H groups in total. The number of hydrogen-bond donors (Lipinski definition) is 1. The molecule has 0 saturated heterocycles. The molecule has 1 saturated carbocycles. The highest BCUT2D eigenvalue weighted by Gasteiger charge is 2.24. The van der Waals surface area contributed by atoms with Gasteiger partial charge in [0.25, 0.3) is 11.5 Å². The van der Waals surface area contributed by atoms with E-state index in [1.54, 1.807) is 30.3 Å². The van der Waals surface area contributed by atoms with Gasteiger partial charge in [-0.15, -0.1) is 0 Å². The Morgan fingerprint density at radius 2 is 1.90 bits per heavy atom. The Balaban J connectivity index is 1.42. The molecule has 0 unspecified atom stereocenters. The van der Waals surface area contributed by atoms with Gasteiger partial charge in [-0.1, -0.05) is 49.1 Å². The van der Waals surface area contributed by atoms with Crippen LogP contribution in [0.15, 0.2) is 75.0 Å². The molecule has 10 nitrogen and oxygen atoms in total. The number of halogens is 1. The van der Waals surface area contributed by atoms with E-state index < -0.39 is 17.4 Å². The number of anilines is 1. The molecule has 1 heterocycles. The van der Waals surface area contributed by atoms with E-state index in [2.05, 4.69) is 26.3 Å². The fraction of sp³-hybridized carbons (Fsp3) is 0.267. The highest BCUT2D eigenvalue weighted by Crippen LogP contribution is 2.36. The van der Waals surface area contributed by atoms with Gasteiger partial charge in [-0.3, -0.25) is 19.7 Å².